The van der Waals surface area contributed by atoms with Gasteiger partial charge in [0.2, 0.25) is 4.77 Å². The Bertz CT molecular complexity index is 523. The molecule has 0 fully saturated rings. The van der Waals surface area contributed by atoms with Crippen LogP contribution in [0.15, 0.2) is 0 Å². The van der Waals surface area contributed by atoms with E-state index in [2.05, 4.69) is 34.0 Å². The Hall–Kier alpha value is -1.01. The first-order valence-electron chi connectivity index (χ1n) is 5.38. The molecule has 0 saturated heterocycles. The molecule has 0 spiro atoms. The maximum absolute atomic E-state index is 4.96. The second-order valence-corrected chi connectivity index (χ2v) is 4.97. The van der Waals surface area contributed by atoms with Crippen molar-refractivity contribution in [2.75, 3.05) is 0 Å². The number of rotatable bonds is 4. The van der Waals surface area contributed by atoms with E-state index in [1.807, 2.05) is 0 Å². The molecule has 4 nitrogen and oxygen atoms in total. The van der Waals surface area contributed by atoms with Gasteiger partial charge < -0.3 is 0 Å². The summed E-state index contributed by atoms with van der Waals surface area (Å²) in [5.41, 5.74) is 1.10. The van der Waals surface area contributed by atoms with Crippen LogP contribution in [0.5, 0.6) is 0 Å². The standard InChI is InChI=1S/C10H14N4S2/c1-3-5-7-11-6(4-2)8(16-7)9-12-10(15)14-13-9/h3-5H2,1-2H3,(H2,12,13,14,15). The number of H-pyrrole nitrogens is 2. The molecule has 0 amide bonds. The zero-order valence-electron chi connectivity index (χ0n) is 9.33. The minimum absolute atomic E-state index is 0.488. The Morgan fingerprint density at radius 1 is 1.25 bits per heavy atom. The quantitative estimate of drug-likeness (QED) is 0.824. The molecule has 0 aromatic carbocycles. The molecule has 2 heterocycles. The number of aromatic amines is 2. The van der Waals surface area contributed by atoms with E-state index in [1.54, 1.807) is 11.3 Å². The fourth-order valence-corrected chi connectivity index (χ4v) is 2.87. The number of aryl methyl sites for hydroxylation is 2. The predicted molar refractivity (Wildman–Crippen MR) is 68.3 cm³/mol. The van der Waals surface area contributed by atoms with Crippen LogP contribution in [0, 0.1) is 4.77 Å². The second kappa shape index (κ2) is 4.88. The molecule has 0 atom stereocenters. The van der Waals surface area contributed by atoms with Crippen LogP contribution < -0.4 is 0 Å². The lowest BCUT2D eigenvalue weighted by molar-refractivity contribution is 0.893. The number of nitrogens with zero attached hydrogens (tertiary/aromatic N) is 2. The monoisotopic (exact) mass is 254 g/mol. The van der Waals surface area contributed by atoms with Gasteiger partial charge in [0.15, 0.2) is 5.82 Å². The van der Waals surface area contributed by atoms with Gasteiger partial charge in [-0.15, -0.1) is 11.3 Å². The molecule has 0 radical (unpaired) electrons. The largest absolute Gasteiger partial charge is 0.281 e. The molecule has 16 heavy (non-hydrogen) atoms. The Morgan fingerprint density at radius 3 is 2.62 bits per heavy atom. The number of thiazole rings is 1. The summed E-state index contributed by atoms with van der Waals surface area (Å²) in [6, 6.07) is 0. The topological polar surface area (TPSA) is 57.4 Å². The molecular formula is C10H14N4S2. The lowest BCUT2D eigenvalue weighted by Gasteiger charge is -1.92. The van der Waals surface area contributed by atoms with Crippen molar-refractivity contribution in [3.8, 4) is 10.7 Å². The maximum atomic E-state index is 4.96. The van der Waals surface area contributed by atoms with E-state index in [0.717, 1.165) is 35.7 Å². The number of aromatic nitrogens is 4. The third-order valence-corrected chi connectivity index (χ3v) is 3.61. The lowest BCUT2D eigenvalue weighted by Crippen LogP contribution is -1.87. The molecule has 2 rings (SSSR count). The third kappa shape index (κ3) is 2.22. The molecule has 0 saturated carbocycles. The van der Waals surface area contributed by atoms with Crippen molar-refractivity contribution >= 4 is 23.6 Å². The Balaban J connectivity index is 2.42. The molecule has 0 aliphatic carbocycles. The van der Waals surface area contributed by atoms with Crippen LogP contribution in [0.1, 0.15) is 31.0 Å². The molecular weight excluding hydrogens is 240 g/mol. The van der Waals surface area contributed by atoms with E-state index in [0.29, 0.717) is 4.77 Å². The van der Waals surface area contributed by atoms with Crippen LogP contribution in [0.4, 0.5) is 0 Å². The zero-order valence-corrected chi connectivity index (χ0v) is 11.0. The van der Waals surface area contributed by atoms with Gasteiger partial charge in [-0.1, -0.05) is 13.8 Å². The summed E-state index contributed by atoms with van der Waals surface area (Å²) in [6.45, 7) is 4.27. The highest BCUT2D eigenvalue weighted by molar-refractivity contribution is 7.71. The highest BCUT2D eigenvalue weighted by Gasteiger charge is 2.13. The first kappa shape index (κ1) is 11.5. The summed E-state index contributed by atoms with van der Waals surface area (Å²) in [5.74, 6) is 0.807. The second-order valence-electron chi connectivity index (χ2n) is 3.50. The molecule has 0 unspecified atom stereocenters. The summed E-state index contributed by atoms with van der Waals surface area (Å²) < 4.78 is 0.488. The summed E-state index contributed by atoms with van der Waals surface area (Å²) in [7, 11) is 0. The SMILES string of the molecule is CCCc1nc(CC)c(-c2nc(=S)[nH][nH]2)s1. The molecule has 2 aromatic rings. The summed E-state index contributed by atoms with van der Waals surface area (Å²) in [4.78, 5) is 9.96. The molecule has 0 aliphatic heterocycles. The van der Waals surface area contributed by atoms with E-state index >= 15 is 0 Å². The van der Waals surface area contributed by atoms with Gasteiger partial charge in [-0.05, 0) is 31.5 Å². The van der Waals surface area contributed by atoms with Crippen molar-refractivity contribution in [3.05, 3.63) is 15.5 Å². The molecule has 0 aliphatic rings. The summed E-state index contributed by atoms with van der Waals surface area (Å²) in [5, 5.41) is 6.98. The minimum atomic E-state index is 0.488. The predicted octanol–water partition coefficient (Wildman–Crippen LogP) is 3.11. The number of hydrogen-bond donors (Lipinski definition) is 2. The third-order valence-electron chi connectivity index (χ3n) is 2.26. The van der Waals surface area contributed by atoms with Gasteiger partial charge in [-0.2, -0.15) is 4.98 Å². The van der Waals surface area contributed by atoms with Crippen molar-refractivity contribution in [1.82, 2.24) is 20.2 Å². The van der Waals surface area contributed by atoms with Crippen molar-refractivity contribution in [2.24, 2.45) is 0 Å². The van der Waals surface area contributed by atoms with Gasteiger partial charge >= 0.3 is 0 Å². The van der Waals surface area contributed by atoms with Crippen molar-refractivity contribution in [2.45, 2.75) is 33.1 Å². The molecule has 2 N–H and O–H groups in total. The zero-order chi connectivity index (χ0) is 11.5. The van der Waals surface area contributed by atoms with E-state index in [-0.39, 0.29) is 0 Å². The molecule has 2 aromatic heterocycles. The van der Waals surface area contributed by atoms with Crippen molar-refractivity contribution < 1.29 is 0 Å². The van der Waals surface area contributed by atoms with Crippen LogP contribution in [0.25, 0.3) is 10.7 Å². The van der Waals surface area contributed by atoms with Gasteiger partial charge in [0, 0.05) is 0 Å². The fourth-order valence-electron chi connectivity index (χ4n) is 1.52. The van der Waals surface area contributed by atoms with Gasteiger partial charge in [-0.3, -0.25) is 10.2 Å². The van der Waals surface area contributed by atoms with Gasteiger partial charge in [0.25, 0.3) is 0 Å². The van der Waals surface area contributed by atoms with E-state index in [9.17, 15) is 0 Å². The normalized spacial score (nSPS) is 10.9. The average Bonchev–Trinajstić information content (AvgIpc) is 2.84. The van der Waals surface area contributed by atoms with E-state index in [4.69, 9.17) is 12.2 Å². The van der Waals surface area contributed by atoms with Crippen LogP contribution in [-0.2, 0) is 12.8 Å². The number of nitrogens with one attached hydrogen (secondary N) is 2. The van der Waals surface area contributed by atoms with E-state index < -0.39 is 0 Å². The average molecular weight is 254 g/mol. The maximum Gasteiger partial charge on any atom is 0.213 e. The fraction of sp³-hybridized carbons (Fsp3) is 0.500. The van der Waals surface area contributed by atoms with Crippen LogP contribution in [-0.4, -0.2) is 20.2 Å². The summed E-state index contributed by atoms with van der Waals surface area (Å²) >= 11 is 6.66. The molecule has 86 valence electrons. The van der Waals surface area contributed by atoms with Gasteiger partial charge in [0.1, 0.15) is 0 Å². The van der Waals surface area contributed by atoms with Crippen LogP contribution in [0.3, 0.4) is 0 Å². The van der Waals surface area contributed by atoms with E-state index in [1.165, 1.54) is 5.01 Å². The minimum Gasteiger partial charge on any atom is -0.281 e. The van der Waals surface area contributed by atoms with Crippen LogP contribution in [0.2, 0.25) is 0 Å². The lowest BCUT2D eigenvalue weighted by atomic mass is 10.3. The summed E-state index contributed by atoms with van der Waals surface area (Å²) in [6.07, 6.45) is 3.07. The first-order chi connectivity index (χ1) is 7.74. The highest BCUT2D eigenvalue weighted by Crippen LogP contribution is 2.28. The first-order valence-corrected chi connectivity index (χ1v) is 6.60. The van der Waals surface area contributed by atoms with Gasteiger partial charge in [-0.25, -0.2) is 4.98 Å². The highest BCUT2D eigenvalue weighted by atomic mass is 32.1. The smallest absolute Gasteiger partial charge is 0.213 e. The van der Waals surface area contributed by atoms with Crippen molar-refractivity contribution in [1.29, 1.82) is 0 Å². The Morgan fingerprint density at radius 2 is 2.06 bits per heavy atom. The van der Waals surface area contributed by atoms with Crippen molar-refractivity contribution in [3.63, 3.8) is 0 Å². The Kier molecular flexibility index (Phi) is 3.50. The Labute approximate surface area is 103 Å². The number of hydrogen-bond acceptors (Lipinski definition) is 4. The van der Waals surface area contributed by atoms with Gasteiger partial charge in [0.05, 0.1) is 15.6 Å². The van der Waals surface area contributed by atoms with Crippen LogP contribution >= 0.6 is 23.6 Å². The molecule has 6 heteroatoms. The molecule has 0 bridgehead atoms.